The standard InChI is InChI=1S/C20H19N3O5S2/c24-19(21-8-12-1-6-16-17(7-12)28-11-27-16)13-2-4-14(5-3-13)22-20-23-15-9-30(25,26)10-18(15)29-20/h1-7,15,18H,8-11H2,(H,21,24)(H,22,23)/t15-,18+/m1/s1. The molecule has 5 rings (SSSR count). The van der Waals surface area contributed by atoms with Crippen molar-refractivity contribution in [2.45, 2.75) is 17.8 Å². The van der Waals surface area contributed by atoms with Gasteiger partial charge in [0.15, 0.2) is 26.5 Å². The molecule has 1 amide bonds. The van der Waals surface area contributed by atoms with E-state index in [2.05, 4.69) is 15.6 Å². The molecule has 3 heterocycles. The molecule has 1 fully saturated rings. The molecule has 0 saturated carbocycles. The van der Waals surface area contributed by atoms with Crippen LogP contribution in [0.25, 0.3) is 0 Å². The Kier molecular flexibility index (Phi) is 4.82. The largest absolute Gasteiger partial charge is 0.454 e. The Hall–Kier alpha value is -2.72. The first-order valence-electron chi connectivity index (χ1n) is 9.44. The Morgan fingerprint density at radius 2 is 1.90 bits per heavy atom. The first kappa shape index (κ1) is 19.3. The average molecular weight is 446 g/mol. The highest BCUT2D eigenvalue weighted by molar-refractivity contribution is 8.15. The molecule has 30 heavy (non-hydrogen) atoms. The third kappa shape index (κ3) is 3.97. The van der Waals surface area contributed by atoms with Crippen LogP contribution >= 0.6 is 11.8 Å². The number of amides is 1. The fraction of sp³-hybridized carbons (Fsp3) is 0.300. The zero-order valence-electron chi connectivity index (χ0n) is 15.8. The number of amidine groups is 1. The predicted octanol–water partition coefficient (Wildman–Crippen LogP) is 2.03. The maximum absolute atomic E-state index is 12.4. The molecular weight excluding hydrogens is 426 g/mol. The molecule has 1 saturated heterocycles. The molecule has 2 N–H and O–H groups in total. The molecule has 2 aromatic carbocycles. The summed E-state index contributed by atoms with van der Waals surface area (Å²) in [6.07, 6.45) is 0. The van der Waals surface area contributed by atoms with Crippen LogP contribution in [0, 0.1) is 0 Å². The van der Waals surface area contributed by atoms with E-state index in [9.17, 15) is 13.2 Å². The van der Waals surface area contributed by atoms with Gasteiger partial charge in [-0.2, -0.15) is 0 Å². The number of aliphatic imine (C=N–C) groups is 1. The summed E-state index contributed by atoms with van der Waals surface area (Å²) in [4.78, 5) is 16.9. The Bertz CT molecular complexity index is 1130. The minimum Gasteiger partial charge on any atom is -0.454 e. The minimum absolute atomic E-state index is 0.00118. The molecule has 0 unspecified atom stereocenters. The Morgan fingerprint density at radius 1 is 1.10 bits per heavy atom. The van der Waals surface area contributed by atoms with Crippen molar-refractivity contribution in [3.63, 3.8) is 0 Å². The molecule has 0 aromatic heterocycles. The molecule has 156 valence electrons. The summed E-state index contributed by atoms with van der Waals surface area (Å²) in [5, 5.41) is 6.82. The van der Waals surface area contributed by atoms with Gasteiger partial charge in [0.05, 0.1) is 17.5 Å². The molecule has 0 bridgehead atoms. The van der Waals surface area contributed by atoms with Crippen LogP contribution in [0.1, 0.15) is 15.9 Å². The molecule has 2 atom stereocenters. The van der Waals surface area contributed by atoms with Crippen molar-refractivity contribution in [2.24, 2.45) is 4.99 Å². The molecule has 3 aliphatic rings. The van der Waals surface area contributed by atoms with Gasteiger partial charge in [-0.1, -0.05) is 17.8 Å². The molecule has 0 aliphatic carbocycles. The van der Waals surface area contributed by atoms with E-state index in [1.165, 1.54) is 11.8 Å². The fourth-order valence-corrected chi connectivity index (χ4v) is 7.26. The second-order valence-electron chi connectivity index (χ2n) is 7.31. The van der Waals surface area contributed by atoms with E-state index in [0.29, 0.717) is 23.6 Å². The van der Waals surface area contributed by atoms with Gasteiger partial charge in [-0.3, -0.25) is 9.79 Å². The van der Waals surface area contributed by atoms with Gasteiger partial charge >= 0.3 is 0 Å². The molecule has 0 radical (unpaired) electrons. The van der Waals surface area contributed by atoms with Gasteiger partial charge in [-0.05, 0) is 42.0 Å². The van der Waals surface area contributed by atoms with Gasteiger partial charge in [0, 0.05) is 23.0 Å². The summed E-state index contributed by atoms with van der Waals surface area (Å²) in [5.41, 5.74) is 2.27. The lowest BCUT2D eigenvalue weighted by atomic mass is 10.1. The number of ether oxygens (including phenoxy) is 2. The maximum atomic E-state index is 12.4. The number of rotatable bonds is 4. The fourth-order valence-electron chi connectivity index (χ4n) is 3.58. The van der Waals surface area contributed by atoms with Crippen molar-refractivity contribution in [2.75, 3.05) is 23.6 Å². The second-order valence-corrected chi connectivity index (χ2v) is 10.7. The number of anilines is 1. The maximum Gasteiger partial charge on any atom is 0.251 e. The van der Waals surface area contributed by atoms with E-state index < -0.39 is 9.84 Å². The van der Waals surface area contributed by atoms with Crippen molar-refractivity contribution in [1.82, 2.24) is 5.32 Å². The van der Waals surface area contributed by atoms with E-state index in [-0.39, 0.29) is 35.5 Å². The SMILES string of the molecule is O=C(NCc1ccc2c(c1)OCO2)c1ccc(NC2=N[C@@H]3CS(=O)(=O)C[C@@H]3S2)cc1. The van der Waals surface area contributed by atoms with E-state index >= 15 is 0 Å². The third-order valence-electron chi connectivity index (χ3n) is 5.11. The Morgan fingerprint density at radius 3 is 2.70 bits per heavy atom. The number of hydrogen-bond donors (Lipinski definition) is 2. The van der Waals surface area contributed by atoms with Gasteiger partial charge in [0.25, 0.3) is 5.91 Å². The van der Waals surface area contributed by atoms with Crippen LogP contribution in [0.2, 0.25) is 0 Å². The van der Waals surface area contributed by atoms with Gasteiger partial charge in [-0.15, -0.1) is 0 Å². The smallest absolute Gasteiger partial charge is 0.251 e. The summed E-state index contributed by atoms with van der Waals surface area (Å²) >= 11 is 1.46. The first-order chi connectivity index (χ1) is 14.4. The summed E-state index contributed by atoms with van der Waals surface area (Å²) < 4.78 is 33.9. The topological polar surface area (TPSA) is 106 Å². The number of carbonyl (C=O) groups is 1. The van der Waals surface area contributed by atoms with E-state index in [1.54, 1.807) is 12.1 Å². The van der Waals surface area contributed by atoms with E-state index in [0.717, 1.165) is 16.4 Å². The number of thioether (sulfide) groups is 1. The highest BCUT2D eigenvalue weighted by atomic mass is 32.2. The summed E-state index contributed by atoms with van der Waals surface area (Å²) in [6.45, 7) is 0.603. The van der Waals surface area contributed by atoms with Crippen molar-refractivity contribution in [3.8, 4) is 11.5 Å². The molecule has 10 heteroatoms. The van der Waals surface area contributed by atoms with E-state index in [4.69, 9.17) is 9.47 Å². The molecular formula is C20H19N3O5S2. The summed E-state index contributed by atoms with van der Waals surface area (Å²) in [7, 11) is -2.96. The lowest BCUT2D eigenvalue weighted by Crippen LogP contribution is -2.22. The van der Waals surface area contributed by atoms with Crippen LogP contribution in [0.15, 0.2) is 47.5 Å². The monoisotopic (exact) mass is 445 g/mol. The number of sulfone groups is 1. The number of hydrogen-bond acceptors (Lipinski definition) is 8. The van der Waals surface area contributed by atoms with Crippen LogP contribution in [0.4, 0.5) is 5.69 Å². The number of fused-ring (bicyclic) bond motifs is 2. The van der Waals surface area contributed by atoms with Gasteiger partial charge in [0.1, 0.15) is 0 Å². The zero-order valence-corrected chi connectivity index (χ0v) is 17.5. The third-order valence-corrected chi connectivity index (χ3v) is 8.25. The molecule has 0 spiro atoms. The van der Waals surface area contributed by atoms with Crippen molar-refractivity contribution < 1.29 is 22.7 Å². The van der Waals surface area contributed by atoms with Crippen LogP contribution in [0.3, 0.4) is 0 Å². The lowest BCUT2D eigenvalue weighted by Gasteiger charge is -2.09. The molecule has 2 aromatic rings. The van der Waals surface area contributed by atoms with Crippen molar-refractivity contribution >= 4 is 38.4 Å². The molecule has 8 nitrogen and oxygen atoms in total. The van der Waals surface area contributed by atoms with Crippen LogP contribution in [0.5, 0.6) is 11.5 Å². The van der Waals surface area contributed by atoms with Gasteiger partial charge < -0.3 is 20.1 Å². The molecule has 3 aliphatic heterocycles. The number of carbonyl (C=O) groups excluding carboxylic acids is 1. The summed E-state index contributed by atoms with van der Waals surface area (Å²) in [5.74, 6) is 1.53. The van der Waals surface area contributed by atoms with Crippen LogP contribution < -0.4 is 20.1 Å². The highest BCUT2D eigenvalue weighted by Gasteiger charge is 2.42. The quantitative estimate of drug-likeness (QED) is 0.742. The summed E-state index contributed by atoms with van der Waals surface area (Å²) in [6, 6.07) is 12.5. The van der Waals surface area contributed by atoms with Gasteiger partial charge in [-0.25, -0.2) is 8.42 Å². The first-order valence-corrected chi connectivity index (χ1v) is 12.1. The van der Waals surface area contributed by atoms with Crippen molar-refractivity contribution in [3.05, 3.63) is 53.6 Å². The number of benzene rings is 2. The van der Waals surface area contributed by atoms with Crippen LogP contribution in [-0.4, -0.2) is 49.1 Å². The van der Waals surface area contributed by atoms with Crippen molar-refractivity contribution in [1.29, 1.82) is 0 Å². The highest BCUT2D eigenvalue weighted by Crippen LogP contribution is 2.35. The second kappa shape index (κ2) is 7.51. The Balaban J connectivity index is 1.17. The minimum atomic E-state index is -2.96. The van der Waals surface area contributed by atoms with E-state index in [1.807, 2.05) is 30.3 Å². The van der Waals surface area contributed by atoms with Gasteiger partial charge in [0.2, 0.25) is 6.79 Å². The normalized spacial score (nSPS) is 23.0. The lowest BCUT2D eigenvalue weighted by molar-refractivity contribution is 0.0951. The average Bonchev–Trinajstić information content (AvgIpc) is 3.38. The zero-order chi connectivity index (χ0) is 20.7. The van der Waals surface area contributed by atoms with Crippen LogP contribution in [-0.2, 0) is 16.4 Å². The predicted molar refractivity (Wildman–Crippen MR) is 115 cm³/mol. The Labute approximate surface area is 178 Å². The number of nitrogens with one attached hydrogen (secondary N) is 2. The number of nitrogens with zero attached hydrogens (tertiary/aromatic N) is 1.